The lowest BCUT2D eigenvalue weighted by molar-refractivity contribution is -0.144. The summed E-state index contributed by atoms with van der Waals surface area (Å²) in [6.07, 6.45) is -4.59. The predicted octanol–water partition coefficient (Wildman–Crippen LogP) is 3.70. The molecule has 0 spiro atoms. The number of methoxy groups -OCH3 is 1. The summed E-state index contributed by atoms with van der Waals surface area (Å²) in [4.78, 5) is 5.85. The fraction of sp³-hybridized carbons (Fsp3) is 0.154. The lowest BCUT2D eigenvalue weighted by Gasteiger charge is -2.05. The maximum absolute atomic E-state index is 12.9. The molecule has 5 nitrogen and oxygen atoms in total. The van der Waals surface area contributed by atoms with Gasteiger partial charge in [0.15, 0.2) is 5.15 Å². The highest BCUT2D eigenvalue weighted by Crippen LogP contribution is 2.36. The number of benzene rings is 1. The van der Waals surface area contributed by atoms with Crippen LogP contribution in [0.2, 0.25) is 5.15 Å². The number of halogens is 4. The van der Waals surface area contributed by atoms with Crippen molar-refractivity contribution in [1.29, 1.82) is 0 Å². The number of ether oxygens (including phenoxy) is 1. The predicted molar refractivity (Wildman–Crippen MR) is 73.7 cm³/mol. The van der Waals surface area contributed by atoms with Crippen LogP contribution in [0.15, 0.2) is 24.3 Å². The Balaban J connectivity index is 2.27. The Morgan fingerprint density at radius 3 is 2.50 bits per heavy atom. The minimum absolute atomic E-state index is 0.0732. The van der Waals surface area contributed by atoms with Crippen molar-refractivity contribution in [2.45, 2.75) is 6.18 Å². The topological polar surface area (TPSA) is 63.7 Å². The van der Waals surface area contributed by atoms with Gasteiger partial charge in [0.25, 0.3) is 0 Å². The van der Waals surface area contributed by atoms with Gasteiger partial charge >= 0.3 is 6.18 Å². The second kappa shape index (κ2) is 5.13. The molecule has 2 aromatic heterocycles. The molecule has 0 aliphatic rings. The van der Waals surface area contributed by atoms with Gasteiger partial charge < -0.3 is 9.72 Å². The first-order valence-electron chi connectivity index (χ1n) is 6.03. The minimum Gasteiger partial charge on any atom is -0.494 e. The summed E-state index contributed by atoms with van der Waals surface area (Å²) >= 11 is 5.67. The standard InChI is InChI=1S/C13H8ClF3N4O/c1-22-8-4-2-6(7-3-5-9(14)21-20-7)10-11(8)19-12(18-10)13(15,16)17/h2-5H,1H3,(H,18,19). The van der Waals surface area contributed by atoms with Crippen molar-refractivity contribution in [2.24, 2.45) is 0 Å². The summed E-state index contributed by atoms with van der Waals surface area (Å²) in [5, 5.41) is 7.75. The van der Waals surface area contributed by atoms with Gasteiger partial charge in [-0.15, -0.1) is 10.2 Å². The maximum Gasteiger partial charge on any atom is 0.449 e. The van der Waals surface area contributed by atoms with E-state index in [2.05, 4.69) is 20.2 Å². The summed E-state index contributed by atoms with van der Waals surface area (Å²) < 4.78 is 43.7. The highest BCUT2D eigenvalue weighted by atomic mass is 35.5. The van der Waals surface area contributed by atoms with Crippen LogP contribution in [0.3, 0.4) is 0 Å². The Kier molecular flexibility index (Phi) is 3.40. The molecule has 0 bridgehead atoms. The highest BCUT2D eigenvalue weighted by Gasteiger charge is 2.35. The van der Waals surface area contributed by atoms with E-state index in [1.165, 1.54) is 19.2 Å². The maximum atomic E-state index is 12.9. The first-order valence-corrected chi connectivity index (χ1v) is 6.41. The zero-order chi connectivity index (χ0) is 15.9. The van der Waals surface area contributed by atoms with E-state index >= 15 is 0 Å². The third kappa shape index (κ3) is 2.45. The van der Waals surface area contributed by atoms with Gasteiger partial charge in [-0.25, -0.2) is 4.98 Å². The van der Waals surface area contributed by atoms with Gasteiger partial charge in [-0.1, -0.05) is 11.6 Å². The van der Waals surface area contributed by atoms with E-state index in [0.29, 0.717) is 11.3 Å². The van der Waals surface area contributed by atoms with Crippen molar-refractivity contribution in [3.8, 4) is 17.0 Å². The summed E-state index contributed by atoms with van der Waals surface area (Å²) in [6, 6.07) is 6.16. The third-order valence-corrected chi connectivity index (χ3v) is 3.21. The van der Waals surface area contributed by atoms with Gasteiger partial charge in [-0.2, -0.15) is 13.2 Å². The van der Waals surface area contributed by atoms with Gasteiger partial charge in [-0.3, -0.25) is 0 Å². The van der Waals surface area contributed by atoms with Crippen LogP contribution in [-0.4, -0.2) is 27.3 Å². The van der Waals surface area contributed by atoms with Crippen molar-refractivity contribution in [3.05, 3.63) is 35.2 Å². The van der Waals surface area contributed by atoms with Crippen molar-refractivity contribution in [3.63, 3.8) is 0 Å². The number of alkyl halides is 3. The molecule has 0 saturated carbocycles. The van der Waals surface area contributed by atoms with Gasteiger partial charge in [0.05, 0.1) is 18.3 Å². The second-order valence-electron chi connectivity index (χ2n) is 4.36. The van der Waals surface area contributed by atoms with E-state index in [9.17, 15) is 13.2 Å². The number of nitrogens with zero attached hydrogens (tertiary/aromatic N) is 3. The third-order valence-electron chi connectivity index (χ3n) is 3.00. The molecule has 0 amide bonds. The molecule has 1 N–H and O–H groups in total. The van der Waals surface area contributed by atoms with Gasteiger partial charge in [0.1, 0.15) is 11.3 Å². The number of hydrogen-bond donors (Lipinski definition) is 1. The zero-order valence-corrected chi connectivity index (χ0v) is 11.8. The van der Waals surface area contributed by atoms with E-state index in [-0.39, 0.29) is 21.9 Å². The molecule has 1 aromatic carbocycles. The van der Waals surface area contributed by atoms with E-state index in [4.69, 9.17) is 16.3 Å². The molecule has 114 valence electrons. The second-order valence-corrected chi connectivity index (χ2v) is 4.75. The van der Waals surface area contributed by atoms with E-state index < -0.39 is 12.0 Å². The monoisotopic (exact) mass is 328 g/mol. The Morgan fingerprint density at radius 1 is 1.14 bits per heavy atom. The zero-order valence-electron chi connectivity index (χ0n) is 11.1. The van der Waals surface area contributed by atoms with Crippen molar-refractivity contribution in [1.82, 2.24) is 20.2 Å². The molecule has 0 fully saturated rings. The van der Waals surface area contributed by atoms with Crippen molar-refractivity contribution < 1.29 is 17.9 Å². The molecule has 0 atom stereocenters. The SMILES string of the molecule is COc1ccc(-c2ccc(Cl)nn2)c2[nH]c(C(F)(F)F)nc12. The van der Waals surface area contributed by atoms with Crippen LogP contribution in [0, 0.1) is 0 Å². The number of H-pyrrole nitrogens is 1. The Hall–Kier alpha value is -2.35. The Labute approximate surface area is 127 Å². The molecule has 9 heteroatoms. The highest BCUT2D eigenvalue weighted by molar-refractivity contribution is 6.29. The molecule has 0 unspecified atom stereocenters. The van der Waals surface area contributed by atoms with E-state index in [1.807, 2.05) is 0 Å². The Morgan fingerprint density at radius 2 is 1.91 bits per heavy atom. The van der Waals surface area contributed by atoms with E-state index in [0.717, 1.165) is 0 Å². The Bertz CT molecular complexity index is 830. The molecule has 22 heavy (non-hydrogen) atoms. The van der Waals surface area contributed by atoms with Crippen LogP contribution in [0.5, 0.6) is 5.75 Å². The molecule has 3 aromatic rings. The quantitative estimate of drug-likeness (QED) is 0.779. The molecule has 0 aliphatic carbocycles. The van der Waals surface area contributed by atoms with Gasteiger partial charge in [0, 0.05) is 5.56 Å². The van der Waals surface area contributed by atoms with Crippen LogP contribution in [0.4, 0.5) is 13.2 Å². The van der Waals surface area contributed by atoms with Crippen molar-refractivity contribution in [2.75, 3.05) is 7.11 Å². The molecule has 3 rings (SSSR count). The first kappa shape index (κ1) is 14.6. The van der Waals surface area contributed by atoms with Crippen molar-refractivity contribution >= 4 is 22.6 Å². The fourth-order valence-corrected chi connectivity index (χ4v) is 2.14. The molecule has 0 saturated heterocycles. The largest absolute Gasteiger partial charge is 0.494 e. The number of aromatic amines is 1. The number of hydrogen-bond acceptors (Lipinski definition) is 4. The van der Waals surface area contributed by atoms with E-state index in [1.54, 1.807) is 12.1 Å². The molecule has 0 radical (unpaired) electrons. The normalized spacial score (nSPS) is 11.9. The van der Waals surface area contributed by atoms with Crippen LogP contribution < -0.4 is 4.74 Å². The van der Waals surface area contributed by atoms with Crippen LogP contribution >= 0.6 is 11.6 Å². The van der Waals surface area contributed by atoms with Gasteiger partial charge in [0.2, 0.25) is 5.82 Å². The molecule has 2 heterocycles. The fourth-order valence-electron chi connectivity index (χ4n) is 2.04. The first-order chi connectivity index (χ1) is 10.4. The summed E-state index contributed by atoms with van der Waals surface area (Å²) in [5.74, 6) is -0.873. The number of rotatable bonds is 2. The van der Waals surface area contributed by atoms with Crippen LogP contribution in [0.1, 0.15) is 5.82 Å². The number of fused-ring (bicyclic) bond motifs is 1. The average Bonchev–Trinajstić information content (AvgIpc) is 2.92. The summed E-state index contributed by atoms with van der Waals surface area (Å²) in [5.41, 5.74) is 1.03. The summed E-state index contributed by atoms with van der Waals surface area (Å²) in [6.45, 7) is 0. The minimum atomic E-state index is -4.59. The van der Waals surface area contributed by atoms with Crippen LogP contribution in [-0.2, 0) is 6.18 Å². The summed E-state index contributed by atoms with van der Waals surface area (Å²) in [7, 11) is 1.36. The lowest BCUT2D eigenvalue weighted by Crippen LogP contribution is -2.06. The molecule has 0 aliphatic heterocycles. The number of nitrogens with one attached hydrogen (secondary N) is 1. The molecular weight excluding hydrogens is 321 g/mol. The number of aromatic nitrogens is 4. The smallest absolute Gasteiger partial charge is 0.449 e. The molecular formula is C13H8ClF3N4O. The number of imidazole rings is 1. The lowest BCUT2D eigenvalue weighted by atomic mass is 10.1. The van der Waals surface area contributed by atoms with Crippen LogP contribution in [0.25, 0.3) is 22.3 Å². The van der Waals surface area contributed by atoms with Gasteiger partial charge in [-0.05, 0) is 24.3 Å². The average molecular weight is 329 g/mol.